The van der Waals surface area contributed by atoms with Crippen molar-refractivity contribution in [2.75, 3.05) is 13.2 Å². The third-order valence-corrected chi connectivity index (χ3v) is 2.18. The van der Waals surface area contributed by atoms with Gasteiger partial charge in [0.1, 0.15) is 18.4 Å². The molecule has 1 fully saturated rings. The van der Waals surface area contributed by atoms with E-state index in [1.165, 1.54) is 0 Å². The van der Waals surface area contributed by atoms with Gasteiger partial charge in [0.25, 0.3) is 0 Å². The number of nitrogens with zero attached hydrogens (tertiary/aromatic N) is 1. The van der Waals surface area contributed by atoms with E-state index < -0.39 is 5.60 Å². The Morgan fingerprint density at radius 1 is 1.56 bits per heavy atom. The smallest absolute Gasteiger partial charge is 0.412 e. The fraction of sp³-hybridized carbons (Fsp3) is 0.750. The zero-order valence-electron chi connectivity index (χ0n) is 10.2. The van der Waals surface area contributed by atoms with E-state index in [9.17, 15) is 4.79 Å². The van der Waals surface area contributed by atoms with Crippen molar-refractivity contribution in [3.05, 3.63) is 0 Å². The van der Waals surface area contributed by atoms with Gasteiger partial charge in [-0.2, -0.15) is 0 Å². The predicted octanol–water partition coefficient (Wildman–Crippen LogP) is 1.99. The number of carbonyl (C=O) groups is 1. The van der Waals surface area contributed by atoms with E-state index in [4.69, 9.17) is 15.9 Å². The van der Waals surface area contributed by atoms with Crippen molar-refractivity contribution in [2.45, 2.75) is 45.4 Å². The summed E-state index contributed by atoms with van der Waals surface area (Å²) < 4.78 is 10.7. The van der Waals surface area contributed by atoms with Crippen LogP contribution in [0, 0.1) is 12.3 Å². The molecule has 0 saturated carbocycles. The van der Waals surface area contributed by atoms with Crippen LogP contribution in [0.25, 0.3) is 0 Å². The van der Waals surface area contributed by atoms with Crippen LogP contribution in [-0.2, 0) is 9.47 Å². The van der Waals surface area contributed by atoms with E-state index in [1.54, 1.807) is 4.90 Å². The van der Waals surface area contributed by atoms with Gasteiger partial charge in [-0.25, -0.2) is 4.79 Å². The summed E-state index contributed by atoms with van der Waals surface area (Å²) in [7, 11) is 0. The highest BCUT2D eigenvalue weighted by Crippen LogP contribution is 2.21. The molecule has 1 atom stereocenters. The van der Waals surface area contributed by atoms with E-state index in [-0.39, 0.29) is 18.9 Å². The van der Waals surface area contributed by atoms with Gasteiger partial charge in [0, 0.05) is 6.54 Å². The maximum atomic E-state index is 11.8. The molecule has 0 spiro atoms. The lowest BCUT2D eigenvalue weighted by atomic mass is 10.2. The number of amides is 1. The molecule has 4 heteroatoms. The number of hydrogen-bond donors (Lipinski definition) is 0. The fourth-order valence-corrected chi connectivity index (χ4v) is 1.58. The van der Waals surface area contributed by atoms with Gasteiger partial charge in [-0.15, -0.1) is 6.42 Å². The average Bonchev–Trinajstić information content (AvgIpc) is 2.59. The number of rotatable bonds is 2. The molecule has 1 rings (SSSR count). The Bertz CT molecular complexity index is 288. The summed E-state index contributed by atoms with van der Waals surface area (Å²) in [4.78, 5) is 13.4. The maximum absolute atomic E-state index is 11.8. The summed E-state index contributed by atoms with van der Waals surface area (Å²) in [5, 5.41) is 0. The quantitative estimate of drug-likeness (QED) is 0.675. The first kappa shape index (κ1) is 12.9. The standard InChI is InChI=1S/C12H19NO3/c1-5-9-15-10-7-6-8-13(10)11(14)16-12(2,3)4/h1,10H,6-9H2,2-4H3. The molecule has 1 heterocycles. The lowest BCUT2D eigenvalue weighted by Crippen LogP contribution is -2.41. The highest BCUT2D eigenvalue weighted by Gasteiger charge is 2.32. The lowest BCUT2D eigenvalue weighted by molar-refractivity contribution is -0.0392. The summed E-state index contributed by atoms with van der Waals surface area (Å²) in [6.45, 7) is 6.43. The summed E-state index contributed by atoms with van der Waals surface area (Å²) in [5.74, 6) is 2.40. The second kappa shape index (κ2) is 5.22. The number of terminal acetylenes is 1. The summed E-state index contributed by atoms with van der Waals surface area (Å²) in [6.07, 6.45) is 6.31. The van der Waals surface area contributed by atoms with Gasteiger partial charge in [0.05, 0.1) is 0 Å². The molecule has 1 saturated heterocycles. The molecule has 1 aliphatic rings. The van der Waals surface area contributed by atoms with E-state index in [0.29, 0.717) is 6.54 Å². The molecule has 0 radical (unpaired) electrons. The van der Waals surface area contributed by atoms with E-state index in [1.807, 2.05) is 20.8 Å². The van der Waals surface area contributed by atoms with Gasteiger partial charge in [-0.3, -0.25) is 4.90 Å². The molecule has 1 aliphatic heterocycles. The van der Waals surface area contributed by atoms with Crippen molar-refractivity contribution >= 4 is 6.09 Å². The molecule has 1 unspecified atom stereocenters. The maximum Gasteiger partial charge on any atom is 0.412 e. The van der Waals surface area contributed by atoms with Gasteiger partial charge in [-0.05, 0) is 33.6 Å². The molecular weight excluding hydrogens is 206 g/mol. The average molecular weight is 225 g/mol. The zero-order valence-corrected chi connectivity index (χ0v) is 10.2. The van der Waals surface area contributed by atoms with Gasteiger partial charge in [0.2, 0.25) is 0 Å². The minimum absolute atomic E-state index is 0.226. The largest absolute Gasteiger partial charge is 0.444 e. The molecule has 0 aliphatic carbocycles. The van der Waals surface area contributed by atoms with Gasteiger partial charge < -0.3 is 9.47 Å². The first-order valence-corrected chi connectivity index (χ1v) is 5.49. The van der Waals surface area contributed by atoms with Crippen molar-refractivity contribution in [3.8, 4) is 12.3 Å². The Labute approximate surface area is 96.9 Å². The van der Waals surface area contributed by atoms with Crippen LogP contribution in [0.4, 0.5) is 4.79 Å². The number of carbonyl (C=O) groups excluding carboxylic acids is 1. The van der Waals surface area contributed by atoms with Crippen LogP contribution in [0.3, 0.4) is 0 Å². The van der Waals surface area contributed by atoms with Gasteiger partial charge in [0.15, 0.2) is 0 Å². The van der Waals surface area contributed by atoms with Crippen LogP contribution in [0.15, 0.2) is 0 Å². The number of hydrogen-bond acceptors (Lipinski definition) is 3. The highest BCUT2D eigenvalue weighted by molar-refractivity contribution is 5.68. The summed E-state index contributed by atoms with van der Waals surface area (Å²) in [5.41, 5.74) is -0.476. The number of likely N-dealkylation sites (tertiary alicyclic amines) is 1. The van der Waals surface area contributed by atoms with Crippen LogP contribution >= 0.6 is 0 Å². The van der Waals surface area contributed by atoms with Crippen LogP contribution < -0.4 is 0 Å². The predicted molar refractivity (Wildman–Crippen MR) is 60.7 cm³/mol. The van der Waals surface area contributed by atoms with E-state index in [0.717, 1.165) is 12.8 Å². The molecule has 16 heavy (non-hydrogen) atoms. The molecule has 1 amide bonds. The highest BCUT2D eigenvalue weighted by atomic mass is 16.6. The van der Waals surface area contributed by atoms with Crippen molar-refractivity contribution in [3.63, 3.8) is 0 Å². The lowest BCUT2D eigenvalue weighted by Gasteiger charge is -2.28. The Hall–Kier alpha value is -1.21. The minimum atomic E-state index is -0.476. The molecule has 4 nitrogen and oxygen atoms in total. The third-order valence-electron chi connectivity index (χ3n) is 2.18. The third kappa shape index (κ3) is 3.74. The number of ether oxygens (including phenoxy) is 2. The normalized spacial score (nSPS) is 20.6. The molecule has 0 aromatic heterocycles. The first-order chi connectivity index (χ1) is 7.44. The monoisotopic (exact) mass is 225 g/mol. The van der Waals surface area contributed by atoms with E-state index in [2.05, 4.69) is 5.92 Å². The first-order valence-electron chi connectivity index (χ1n) is 5.49. The van der Waals surface area contributed by atoms with E-state index >= 15 is 0 Å². The Kier molecular flexibility index (Phi) is 4.19. The molecule has 0 N–H and O–H groups in total. The van der Waals surface area contributed by atoms with Gasteiger partial charge >= 0.3 is 6.09 Å². The van der Waals surface area contributed by atoms with Crippen molar-refractivity contribution < 1.29 is 14.3 Å². The van der Waals surface area contributed by atoms with Crippen molar-refractivity contribution in [1.29, 1.82) is 0 Å². The fourth-order valence-electron chi connectivity index (χ4n) is 1.58. The molecular formula is C12H19NO3. The Balaban J connectivity index is 2.51. The molecule has 90 valence electrons. The minimum Gasteiger partial charge on any atom is -0.444 e. The van der Waals surface area contributed by atoms with Crippen LogP contribution in [0.2, 0.25) is 0 Å². The summed E-state index contributed by atoms with van der Waals surface area (Å²) >= 11 is 0. The van der Waals surface area contributed by atoms with Gasteiger partial charge in [-0.1, -0.05) is 5.92 Å². The van der Waals surface area contributed by atoms with Crippen molar-refractivity contribution in [1.82, 2.24) is 4.90 Å². The molecule has 0 bridgehead atoms. The molecule has 0 aromatic carbocycles. The van der Waals surface area contributed by atoms with Crippen molar-refractivity contribution in [2.24, 2.45) is 0 Å². The Morgan fingerprint density at radius 2 is 2.25 bits per heavy atom. The van der Waals surface area contributed by atoms with Crippen LogP contribution in [0.5, 0.6) is 0 Å². The van der Waals surface area contributed by atoms with Crippen LogP contribution in [-0.4, -0.2) is 36.0 Å². The second-order valence-electron chi connectivity index (χ2n) is 4.79. The topological polar surface area (TPSA) is 38.8 Å². The molecule has 0 aromatic rings. The summed E-state index contributed by atoms with van der Waals surface area (Å²) in [6, 6.07) is 0. The van der Waals surface area contributed by atoms with Crippen LogP contribution in [0.1, 0.15) is 33.6 Å². The second-order valence-corrected chi connectivity index (χ2v) is 4.79. The zero-order chi connectivity index (χ0) is 12.2. The Morgan fingerprint density at radius 3 is 2.81 bits per heavy atom. The SMILES string of the molecule is C#CCOC1CCCN1C(=O)OC(C)(C)C.